The van der Waals surface area contributed by atoms with Crippen LogP contribution in [-0.4, -0.2) is 18.5 Å². The Bertz CT molecular complexity index is 1120. The van der Waals surface area contributed by atoms with Gasteiger partial charge in [0, 0.05) is 29.2 Å². The number of nitrogens with one attached hydrogen (secondary N) is 2. The fourth-order valence-corrected chi connectivity index (χ4v) is 3.95. The Morgan fingerprint density at radius 3 is 2.19 bits per heavy atom. The van der Waals surface area contributed by atoms with Gasteiger partial charge in [0.1, 0.15) is 0 Å². The summed E-state index contributed by atoms with van der Waals surface area (Å²) in [6.07, 6.45) is 1.84. The third kappa shape index (κ3) is 4.83. The molecule has 5 nitrogen and oxygen atoms in total. The van der Waals surface area contributed by atoms with Crippen molar-refractivity contribution in [2.24, 2.45) is 0 Å². The number of hydrogen-bond acceptors (Lipinski definition) is 2. The lowest BCUT2D eigenvalue weighted by Crippen LogP contribution is -2.35. The Morgan fingerprint density at radius 1 is 0.844 bits per heavy atom. The highest BCUT2D eigenvalue weighted by Crippen LogP contribution is 2.31. The van der Waals surface area contributed by atoms with E-state index in [1.165, 1.54) is 5.56 Å². The third-order valence-electron chi connectivity index (χ3n) is 5.74. The maximum Gasteiger partial charge on any atom is 0.323 e. The fourth-order valence-electron chi connectivity index (χ4n) is 3.95. The van der Waals surface area contributed by atoms with Gasteiger partial charge >= 0.3 is 6.03 Å². The molecule has 0 bridgehead atoms. The van der Waals surface area contributed by atoms with E-state index in [1.807, 2.05) is 77.7 Å². The number of rotatable bonds is 3. The Balaban J connectivity index is 1.48. The second-order valence-corrected chi connectivity index (χ2v) is 9.18. The van der Waals surface area contributed by atoms with Gasteiger partial charge in [-0.05, 0) is 65.8 Å². The minimum absolute atomic E-state index is 0.0212. The van der Waals surface area contributed by atoms with E-state index >= 15 is 0 Å². The molecule has 3 amide bonds. The lowest BCUT2D eigenvalue weighted by Gasteiger charge is -2.30. The first-order valence-corrected chi connectivity index (χ1v) is 11.0. The number of amides is 3. The van der Waals surface area contributed by atoms with Gasteiger partial charge in [-0.2, -0.15) is 0 Å². The van der Waals surface area contributed by atoms with Crippen molar-refractivity contribution >= 4 is 29.0 Å². The summed E-state index contributed by atoms with van der Waals surface area (Å²) in [5, 5.41) is 5.77. The highest BCUT2D eigenvalue weighted by atomic mass is 16.2. The summed E-state index contributed by atoms with van der Waals surface area (Å²) in [4.78, 5) is 27.4. The lowest BCUT2D eigenvalue weighted by atomic mass is 9.87. The molecule has 164 valence electrons. The normalized spacial score (nSPS) is 13.3. The van der Waals surface area contributed by atoms with Crippen molar-refractivity contribution in [3.8, 4) is 0 Å². The third-order valence-corrected chi connectivity index (χ3v) is 5.74. The number of anilines is 3. The number of nitrogens with zero attached hydrogens (tertiary/aromatic N) is 1. The zero-order chi connectivity index (χ0) is 22.7. The van der Waals surface area contributed by atoms with Crippen molar-refractivity contribution in [1.82, 2.24) is 0 Å². The van der Waals surface area contributed by atoms with Crippen LogP contribution in [0.5, 0.6) is 0 Å². The van der Waals surface area contributed by atoms with Crippen LogP contribution in [0.3, 0.4) is 0 Å². The van der Waals surface area contributed by atoms with Crippen LogP contribution in [0.4, 0.5) is 21.9 Å². The van der Waals surface area contributed by atoms with Gasteiger partial charge < -0.3 is 15.5 Å². The second-order valence-electron chi connectivity index (χ2n) is 9.18. The Kier molecular flexibility index (Phi) is 5.99. The summed E-state index contributed by atoms with van der Waals surface area (Å²) in [5.41, 5.74) is 5.29. The van der Waals surface area contributed by atoms with Gasteiger partial charge in [-0.25, -0.2) is 4.79 Å². The number of aryl methyl sites for hydroxylation is 1. The topological polar surface area (TPSA) is 61.4 Å². The van der Waals surface area contributed by atoms with Gasteiger partial charge in [-0.15, -0.1) is 0 Å². The molecule has 0 saturated heterocycles. The molecule has 0 fully saturated rings. The summed E-state index contributed by atoms with van der Waals surface area (Å²) >= 11 is 0. The molecule has 0 atom stereocenters. The van der Waals surface area contributed by atoms with E-state index in [9.17, 15) is 9.59 Å². The minimum Gasteiger partial charge on any atom is -0.308 e. The zero-order valence-corrected chi connectivity index (χ0v) is 18.8. The van der Waals surface area contributed by atoms with E-state index in [4.69, 9.17) is 0 Å². The maximum atomic E-state index is 13.1. The summed E-state index contributed by atoms with van der Waals surface area (Å²) in [6, 6.07) is 22.6. The largest absolute Gasteiger partial charge is 0.323 e. The summed E-state index contributed by atoms with van der Waals surface area (Å²) in [5.74, 6) is -0.0212. The average molecular weight is 428 g/mol. The highest BCUT2D eigenvalue weighted by molar-refractivity contribution is 6.07. The van der Waals surface area contributed by atoms with Crippen LogP contribution < -0.4 is 15.5 Å². The van der Waals surface area contributed by atoms with Crippen molar-refractivity contribution in [3.05, 3.63) is 89.5 Å². The van der Waals surface area contributed by atoms with Crippen molar-refractivity contribution < 1.29 is 9.59 Å². The van der Waals surface area contributed by atoms with E-state index in [-0.39, 0.29) is 17.4 Å². The first-order chi connectivity index (χ1) is 15.3. The number of urea groups is 1. The lowest BCUT2D eigenvalue weighted by molar-refractivity contribution is 0.0985. The first-order valence-electron chi connectivity index (χ1n) is 11.0. The van der Waals surface area contributed by atoms with Crippen molar-refractivity contribution in [2.75, 3.05) is 22.1 Å². The van der Waals surface area contributed by atoms with Gasteiger partial charge in [0.2, 0.25) is 0 Å². The van der Waals surface area contributed by atoms with Crippen LogP contribution in [0, 0.1) is 0 Å². The summed E-state index contributed by atoms with van der Waals surface area (Å²) in [7, 11) is 0. The van der Waals surface area contributed by atoms with Crippen LogP contribution in [0.1, 0.15) is 48.7 Å². The van der Waals surface area contributed by atoms with Crippen LogP contribution in [0.25, 0.3) is 0 Å². The number of fused-ring (bicyclic) bond motifs is 1. The van der Waals surface area contributed by atoms with E-state index in [1.54, 1.807) is 0 Å². The monoisotopic (exact) mass is 427 g/mol. The molecule has 5 heteroatoms. The van der Waals surface area contributed by atoms with Gasteiger partial charge in [0.15, 0.2) is 0 Å². The van der Waals surface area contributed by atoms with E-state index in [2.05, 4.69) is 31.4 Å². The van der Waals surface area contributed by atoms with Gasteiger partial charge in [0.25, 0.3) is 5.91 Å². The predicted octanol–water partition coefficient (Wildman–Crippen LogP) is 6.22. The van der Waals surface area contributed by atoms with Crippen molar-refractivity contribution in [1.29, 1.82) is 0 Å². The molecular weight excluding hydrogens is 398 g/mol. The highest BCUT2D eigenvalue weighted by Gasteiger charge is 2.24. The number of carbonyl (C=O) groups excluding carboxylic acids is 2. The average Bonchev–Trinajstić information content (AvgIpc) is 2.78. The van der Waals surface area contributed by atoms with E-state index < -0.39 is 0 Å². The van der Waals surface area contributed by atoms with Gasteiger partial charge in [-0.3, -0.25) is 4.79 Å². The number of carbonyl (C=O) groups is 2. The Labute approximate surface area is 189 Å². The standard InChI is InChI=1S/C27H29N3O2/c1-27(2,3)21-12-15-22(16-13-21)28-26(32)29-23-14-11-19-10-7-17-30(24(19)18-23)25(31)20-8-5-4-6-9-20/h4-6,8-9,11-16,18H,7,10,17H2,1-3H3,(H2,28,29,32). The SMILES string of the molecule is CC(C)(C)c1ccc(NC(=O)Nc2ccc3c(c2)N(C(=O)c2ccccc2)CCC3)cc1. The smallest absolute Gasteiger partial charge is 0.308 e. The fraction of sp³-hybridized carbons (Fsp3) is 0.259. The molecule has 0 aromatic heterocycles. The molecule has 32 heavy (non-hydrogen) atoms. The van der Waals surface area contributed by atoms with Crippen LogP contribution in [0.2, 0.25) is 0 Å². The van der Waals surface area contributed by atoms with Crippen LogP contribution in [-0.2, 0) is 11.8 Å². The molecular formula is C27H29N3O2. The van der Waals surface area contributed by atoms with Crippen molar-refractivity contribution in [2.45, 2.75) is 39.0 Å². The number of hydrogen-bond donors (Lipinski definition) is 2. The van der Waals surface area contributed by atoms with Crippen molar-refractivity contribution in [3.63, 3.8) is 0 Å². The Morgan fingerprint density at radius 2 is 1.50 bits per heavy atom. The molecule has 4 rings (SSSR count). The molecule has 3 aromatic rings. The summed E-state index contributed by atoms with van der Waals surface area (Å²) < 4.78 is 0. The molecule has 0 aliphatic carbocycles. The molecule has 0 radical (unpaired) electrons. The first kappa shape index (κ1) is 21.6. The van der Waals surface area contributed by atoms with Crippen LogP contribution >= 0.6 is 0 Å². The van der Waals surface area contributed by atoms with Gasteiger partial charge in [0.05, 0.1) is 0 Å². The molecule has 1 aliphatic heterocycles. The molecule has 1 heterocycles. The second kappa shape index (κ2) is 8.87. The molecule has 0 spiro atoms. The Hall–Kier alpha value is -3.60. The molecule has 2 N–H and O–H groups in total. The quantitative estimate of drug-likeness (QED) is 0.521. The maximum absolute atomic E-state index is 13.1. The van der Waals surface area contributed by atoms with E-state index in [0.29, 0.717) is 17.8 Å². The van der Waals surface area contributed by atoms with Gasteiger partial charge in [-0.1, -0.05) is 57.2 Å². The number of benzene rings is 3. The minimum atomic E-state index is -0.315. The summed E-state index contributed by atoms with van der Waals surface area (Å²) in [6.45, 7) is 7.13. The molecule has 3 aromatic carbocycles. The predicted molar refractivity (Wildman–Crippen MR) is 131 cm³/mol. The zero-order valence-electron chi connectivity index (χ0n) is 18.8. The molecule has 0 unspecified atom stereocenters. The van der Waals surface area contributed by atoms with E-state index in [0.717, 1.165) is 29.8 Å². The molecule has 1 aliphatic rings. The molecule has 0 saturated carbocycles. The van der Waals surface area contributed by atoms with Crippen LogP contribution in [0.15, 0.2) is 72.8 Å².